The van der Waals surface area contributed by atoms with Gasteiger partial charge in [0, 0.05) is 0 Å². The van der Waals surface area contributed by atoms with Gasteiger partial charge in [-0.25, -0.2) is 0 Å². The van der Waals surface area contributed by atoms with E-state index in [0.717, 1.165) is 11.8 Å². The predicted octanol–water partition coefficient (Wildman–Crippen LogP) is 4.42. The van der Waals surface area contributed by atoms with Crippen LogP contribution in [0.2, 0.25) is 0 Å². The van der Waals surface area contributed by atoms with E-state index in [2.05, 4.69) is 40.7 Å². The minimum atomic E-state index is 0.880. The summed E-state index contributed by atoms with van der Waals surface area (Å²) >= 11 is 0. The zero-order chi connectivity index (χ0) is 9.56. The van der Waals surface area contributed by atoms with Gasteiger partial charge in [-0.15, -0.1) is 0 Å². The van der Waals surface area contributed by atoms with Crippen LogP contribution in [0, 0.1) is 11.8 Å². The van der Waals surface area contributed by atoms with Gasteiger partial charge in [-0.2, -0.15) is 0 Å². The molecular formula is C12H24. The molecule has 0 nitrogen and oxygen atoms in total. The van der Waals surface area contributed by atoms with E-state index >= 15 is 0 Å². The van der Waals surface area contributed by atoms with Crippen LogP contribution in [-0.2, 0) is 0 Å². The third kappa shape index (κ3) is 4.58. The Morgan fingerprint density at radius 3 is 2.25 bits per heavy atom. The molecule has 0 heterocycles. The largest absolute Gasteiger partial charge is 0.0887 e. The van der Waals surface area contributed by atoms with Gasteiger partial charge in [0.2, 0.25) is 0 Å². The van der Waals surface area contributed by atoms with Gasteiger partial charge < -0.3 is 0 Å². The smallest absolute Gasteiger partial charge is 0.0321 e. The molecule has 0 fully saturated rings. The maximum absolute atomic E-state index is 2.37. The lowest BCUT2D eigenvalue weighted by atomic mass is 9.88. The van der Waals surface area contributed by atoms with Crippen molar-refractivity contribution in [2.75, 3.05) is 0 Å². The fourth-order valence-corrected chi connectivity index (χ4v) is 1.29. The first-order valence-corrected chi connectivity index (χ1v) is 5.23. The highest BCUT2D eigenvalue weighted by Gasteiger charge is 2.09. The molecule has 0 spiro atoms. The lowest BCUT2D eigenvalue weighted by molar-refractivity contribution is 0.355. The Balaban J connectivity index is 3.63. The van der Waals surface area contributed by atoms with Crippen LogP contribution >= 0.6 is 0 Å². The quantitative estimate of drug-likeness (QED) is 0.533. The molecule has 0 N–H and O–H groups in total. The van der Waals surface area contributed by atoms with Crippen LogP contribution in [0.5, 0.6) is 0 Å². The van der Waals surface area contributed by atoms with Gasteiger partial charge in [-0.05, 0) is 38.5 Å². The zero-order valence-electron chi connectivity index (χ0n) is 9.35. The minimum absolute atomic E-state index is 0.880. The maximum atomic E-state index is 2.37. The molecule has 0 aliphatic carbocycles. The molecule has 0 amide bonds. The zero-order valence-corrected chi connectivity index (χ0v) is 9.35. The van der Waals surface area contributed by atoms with Crippen molar-refractivity contribution >= 4 is 0 Å². The summed E-state index contributed by atoms with van der Waals surface area (Å²) in [6.07, 6.45) is 6.17. The molecule has 2 atom stereocenters. The van der Waals surface area contributed by atoms with Crippen LogP contribution in [0.4, 0.5) is 0 Å². The van der Waals surface area contributed by atoms with Crippen LogP contribution in [-0.4, -0.2) is 0 Å². The van der Waals surface area contributed by atoms with Crippen molar-refractivity contribution in [2.24, 2.45) is 11.8 Å². The second-order valence-corrected chi connectivity index (χ2v) is 4.04. The van der Waals surface area contributed by atoms with Crippen molar-refractivity contribution in [2.45, 2.75) is 53.9 Å². The topological polar surface area (TPSA) is 0 Å². The average molecular weight is 168 g/mol. The molecule has 72 valence electrons. The SMILES string of the molecule is CC=C(C)CCC(C)C(C)CC. The van der Waals surface area contributed by atoms with Gasteiger partial charge in [-0.3, -0.25) is 0 Å². The molecule has 0 rings (SSSR count). The lowest BCUT2D eigenvalue weighted by Crippen LogP contribution is -2.06. The van der Waals surface area contributed by atoms with Gasteiger partial charge in [0.15, 0.2) is 0 Å². The standard InChI is InChI=1S/C12H24/c1-6-10(3)8-9-12(5)11(4)7-2/h6,11-12H,7-9H2,1-5H3. The van der Waals surface area contributed by atoms with Crippen LogP contribution < -0.4 is 0 Å². The van der Waals surface area contributed by atoms with Crippen molar-refractivity contribution in [3.63, 3.8) is 0 Å². The Bertz CT molecular complexity index is 133. The molecule has 0 aliphatic rings. The van der Waals surface area contributed by atoms with Gasteiger partial charge in [-0.1, -0.05) is 38.8 Å². The number of hydrogen-bond acceptors (Lipinski definition) is 0. The monoisotopic (exact) mass is 168 g/mol. The van der Waals surface area contributed by atoms with E-state index in [1.807, 2.05) is 0 Å². The molecule has 0 saturated carbocycles. The highest BCUT2D eigenvalue weighted by atomic mass is 14.1. The summed E-state index contributed by atoms with van der Waals surface area (Å²) in [6, 6.07) is 0. The molecule has 12 heavy (non-hydrogen) atoms. The summed E-state index contributed by atoms with van der Waals surface area (Å²) in [5.74, 6) is 1.76. The fourth-order valence-electron chi connectivity index (χ4n) is 1.29. The Labute approximate surface area is 78.1 Å². The van der Waals surface area contributed by atoms with Crippen molar-refractivity contribution in [1.29, 1.82) is 0 Å². The third-order valence-electron chi connectivity index (χ3n) is 3.10. The molecule has 0 heteroatoms. The highest BCUT2D eigenvalue weighted by molar-refractivity contribution is 4.95. The first kappa shape index (κ1) is 11.7. The van der Waals surface area contributed by atoms with E-state index in [0.29, 0.717) is 0 Å². The normalized spacial score (nSPS) is 17.6. The Morgan fingerprint density at radius 2 is 1.83 bits per heavy atom. The Morgan fingerprint density at radius 1 is 1.25 bits per heavy atom. The second-order valence-electron chi connectivity index (χ2n) is 4.04. The molecule has 0 aromatic carbocycles. The summed E-state index contributed by atoms with van der Waals surface area (Å²) in [5, 5.41) is 0. The second kappa shape index (κ2) is 6.28. The summed E-state index contributed by atoms with van der Waals surface area (Å²) in [6.45, 7) is 11.4. The number of allylic oxidation sites excluding steroid dienone is 2. The molecule has 2 unspecified atom stereocenters. The molecule has 0 saturated heterocycles. The molecular weight excluding hydrogens is 144 g/mol. The molecule has 0 aromatic heterocycles. The Kier molecular flexibility index (Phi) is 6.14. The summed E-state index contributed by atoms with van der Waals surface area (Å²) in [5.41, 5.74) is 1.53. The van der Waals surface area contributed by atoms with E-state index in [4.69, 9.17) is 0 Å². The van der Waals surface area contributed by atoms with Crippen LogP contribution in [0.15, 0.2) is 11.6 Å². The average Bonchev–Trinajstić information content (AvgIpc) is 2.11. The van der Waals surface area contributed by atoms with Crippen LogP contribution in [0.1, 0.15) is 53.9 Å². The third-order valence-corrected chi connectivity index (χ3v) is 3.10. The van der Waals surface area contributed by atoms with Gasteiger partial charge in [0.25, 0.3) is 0 Å². The van der Waals surface area contributed by atoms with Crippen molar-refractivity contribution < 1.29 is 0 Å². The molecule has 0 bridgehead atoms. The summed E-state index contributed by atoms with van der Waals surface area (Å²) in [4.78, 5) is 0. The lowest BCUT2D eigenvalue weighted by Gasteiger charge is -2.17. The Hall–Kier alpha value is -0.260. The van der Waals surface area contributed by atoms with E-state index < -0.39 is 0 Å². The number of rotatable bonds is 5. The number of hydrogen-bond donors (Lipinski definition) is 0. The van der Waals surface area contributed by atoms with Crippen molar-refractivity contribution in [1.82, 2.24) is 0 Å². The van der Waals surface area contributed by atoms with Gasteiger partial charge in [0.05, 0.1) is 0 Å². The van der Waals surface area contributed by atoms with Crippen molar-refractivity contribution in [3.8, 4) is 0 Å². The summed E-state index contributed by atoms with van der Waals surface area (Å²) < 4.78 is 0. The maximum Gasteiger partial charge on any atom is -0.0321 e. The highest BCUT2D eigenvalue weighted by Crippen LogP contribution is 2.21. The molecule has 0 aliphatic heterocycles. The first-order chi connectivity index (χ1) is 5.61. The summed E-state index contributed by atoms with van der Waals surface area (Å²) in [7, 11) is 0. The van der Waals surface area contributed by atoms with Crippen LogP contribution in [0.3, 0.4) is 0 Å². The molecule has 0 radical (unpaired) electrons. The van der Waals surface area contributed by atoms with Crippen molar-refractivity contribution in [3.05, 3.63) is 11.6 Å². The fraction of sp³-hybridized carbons (Fsp3) is 0.833. The first-order valence-electron chi connectivity index (χ1n) is 5.23. The van der Waals surface area contributed by atoms with E-state index in [-0.39, 0.29) is 0 Å². The van der Waals surface area contributed by atoms with Crippen LogP contribution in [0.25, 0.3) is 0 Å². The predicted molar refractivity (Wildman–Crippen MR) is 57.3 cm³/mol. The van der Waals surface area contributed by atoms with E-state index in [1.54, 1.807) is 0 Å². The van der Waals surface area contributed by atoms with Gasteiger partial charge >= 0.3 is 0 Å². The minimum Gasteiger partial charge on any atom is -0.0887 e. The van der Waals surface area contributed by atoms with E-state index in [1.165, 1.54) is 24.8 Å². The molecule has 0 aromatic rings. The van der Waals surface area contributed by atoms with E-state index in [9.17, 15) is 0 Å². The van der Waals surface area contributed by atoms with Gasteiger partial charge in [0.1, 0.15) is 0 Å².